The Balaban J connectivity index is 0.000000150. The second-order valence-corrected chi connectivity index (χ2v) is 12.3. The molecule has 0 bridgehead atoms. The number of hydrogen-bond donors (Lipinski definition) is 0. The van der Waals surface area contributed by atoms with Gasteiger partial charge in [-0.05, 0) is 110 Å². The van der Waals surface area contributed by atoms with Crippen molar-refractivity contribution < 1.29 is 0 Å². The van der Waals surface area contributed by atoms with Gasteiger partial charge in [-0.1, -0.05) is 159 Å². The van der Waals surface area contributed by atoms with Gasteiger partial charge in [0, 0.05) is 17.1 Å². The molecule has 0 spiro atoms. The van der Waals surface area contributed by atoms with Crippen LogP contribution in [0.3, 0.4) is 0 Å². The van der Waals surface area contributed by atoms with E-state index in [9.17, 15) is 0 Å². The van der Waals surface area contributed by atoms with Crippen molar-refractivity contribution in [2.75, 3.05) is 4.90 Å². The number of hydrogen-bond acceptors (Lipinski definition) is 1. The third kappa shape index (κ3) is 6.12. The van der Waals surface area contributed by atoms with Crippen LogP contribution < -0.4 is 4.90 Å². The Hall–Kier alpha value is -5.92. The van der Waals surface area contributed by atoms with Gasteiger partial charge in [0.2, 0.25) is 0 Å². The fraction of sp³-hybridized carbons (Fsp3) is 0.0833. The van der Waals surface area contributed by atoms with Crippen molar-refractivity contribution in [3.8, 4) is 11.1 Å². The van der Waals surface area contributed by atoms with E-state index in [2.05, 4.69) is 189 Å². The number of fused-ring (bicyclic) bond motifs is 2. The fourth-order valence-corrected chi connectivity index (χ4v) is 6.94. The molecule has 9 rings (SSSR count). The van der Waals surface area contributed by atoms with Crippen LogP contribution in [0.15, 0.2) is 176 Å². The Morgan fingerprint density at radius 2 is 0.776 bits per heavy atom. The SMILES string of the molecule is CC.Cc1ccc(N(c2ccccc2)c2ccc(-c3ccccc3)cc2)cc1.Cc1ccc2c3cccc4cccc(c5cccc1c52)c43. The highest BCUT2D eigenvalue weighted by Crippen LogP contribution is 2.41. The van der Waals surface area contributed by atoms with Crippen LogP contribution in [0.4, 0.5) is 17.1 Å². The summed E-state index contributed by atoms with van der Waals surface area (Å²) < 4.78 is 0. The molecule has 1 nitrogen and oxygen atoms in total. The van der Waals surface area contributed by atoms with Gasteiger partial charge in [0.05, 0.1) is 0 Å². The largest absolute Gasteiger partial charge is 0.311 e. The summed E-state index contributed by atoms with van der Waals surface area (Å²) in [5.41, 5.74) is 8.55. The molecule has 0 amide bonds. The third-order valence-corrected chi connectivity index (χ3v) is 9.28. The van der Waals surface area contributed by atoms with Crippen LogP contribution in [0.2, 0.25) is 0 Å². The van der Waals surface area contributed by atoms with Crippen molar-refractivity contribution in [1.29, 1.82) is 0 Å². The maximum Gasteiger partial charge on any atom is 0.0462 e. The highest BCUT2D eigenvalue weighted by atomic mass is 15.1. The molecule has 0 atom stereocenters. The average molecular weight is 632 g/mol. The van der Waals surface area contributed by atoms with Gasteiger partial charge < -0.3 is 4.90 Å². The molecule has 238 valence electrons. The zero-order chi connectivity index (χ0) is 33.7. The summed E-state index contributed by atoms with van der Waals surface area (Å²) in [6.07, 6.45) is 0. The number of nitrogens with zero attached hydrogens (tertiary/aromatic N) is 1. The maximum absolute atomic E-state index is 2.29. The van der Waals surface area contributed by atoms with Crippen LogP contribution in [0, 0.1) is 13.8 Å². The van der Waals surface area contributed by atoms with Crippen molar-refractivity contribution in [2.24, 2.45) is 0 Å². The average Bonchev–Trinajstić information content (AvgIpc) is 3.17. The van der Waals surface area contributed by atoms with Gasteiger partial charge in [0.1, 0.15) is 0 Å². The molecule has 0 saturated carbocycles. The molecule has 0 N–H and O–H groups in total. The lowest BCUT2D eigenvalue weighted by Gasteiger charge is -2.25. The minimum absolute atomic E-state index is 1.15. The van der Waals surface area contributed by atoms with Gasteiger partial charge in [0.15, 0.2) is 0 Å². The van der Waals surface area contributed by atoms with Gasteiger partial charge in [0.25, 0.3) is 0 Å². The van der Waals surface area contributed by atoms with Crippen molar-refractivity contribution in [1.82, 2.24) is 0 Å². The molecule has 0 unspecified atom stereocenters. The smallest absolute Gasteiger partial charge is 0.0462 e. The molecular formula is C48H41N. The zero-order valence-corrected chi connectivity index (χ0v) is 28.7. The highest BCUT2D eigenvalue weighted by molar-refractivity contribution is 6.33. The maximum atomic E-state index is 2.29. The topological polar surface area (TPSA) is 3.24 Å². The second kappa shape index (κ2) is 14.1. The van der Waals surface area contributed by atoms with Gasteiger partial charge in [-0.25, -0.2) is 0 Å². The Morgan fingerprint density at radius 1 is 0.327 bits per heavy atom. The first-order valence-corrected chi connectivity index (χ1v) is 17.3. The first kappa shape index (κ1) is 31.7. The summed E-state index contributed by atoms with van der Waals surface area (Å²) in [7, 11) is 0. The van der Waals surface area contributed by atoms with Crippen LogP contribution in [-0.2, 0) is 0 Å². The molecule has 9 aromatic carbocycles. The van der Waals surface area contributed by atoms with E-state index in [0.29, 0.717) is 0 Å². The third-order valence-electron chi connectivity index (χ3n) is 9.28. The lowest BCUT2D eigenvalue weighted by atomic mass is 9.89. The fourth-order valence-electron chi connectivity index (χ4n) is 6.94. The van der Waals surface area contributed by atoms with E-state index in [1.807, 2.05) is 19.9 Å². The molecule has 1 heteroatoms. The minimum atomic E-state index is 1.15. The number of para-hydroxylation sites is 1. The van der Waals surface area contributed by atoms with E-state index in [1.54, 1.807) is 0 Å². The van der Waals surface area contributed by atoms with Crippen LogP contribution in [0.5, 0.6) is 0 Å². The predicted molar refractivity (Wildman–Crippen MR) is 215 cm³/mol. The van der Waals surface area contributed by atoms with Crippen molar-refractivity contribution in [3.63, 3.8) is 0 Å². The lowest BCUT2D eigenvalue weighted by molar-refractivity contribution is 1.27. The molecule has 0 aliphatic heterocycles. The van der Waals surface area contributed by atoms with E-state index in [-0.39, 0.29) is 0 Å². The summed E-state index contributed by atoms with van der Waals surface area (Å²) in [4.78, 5) is 2.29. The van der Waals surface area contributed by atoms with E-state index in [4.69, 9.17) is 0 Å². The summed E-state index contributed by atoms with van der Waals surface area (Å²) in [6, 6.07) is 62.9. The number of benzene rings is 9. The molecule has 0 aliphatic rings. The normalized spacial score (nSPS) is 10.9. The monoisotopic (exact) mass is 631 g/mol. The predicted octanol–water partition coefficient (Wildman–Crippen LogP) is 14.2. The summed E-state index contributed by atoms with van der Waals surface area (Å²) >= 11 is 0. The Bertz CT molecular complexity index is 2390. The van der Waals surface area contributed by atoms with E-state index in [1.165, 1.54) is 65.3 Å². The van der Waals surface area contributed by atoms with Crippen LogP contribution in [0.25, 0.3) is 54.2 Å². The van der Waals surface area contributed by atoms with E-state index >= 15 is 0 Å². The number of anilines is 3. The Morgan fingerprint density at radius 3 is 1.39 bits per heavy atom. The van der Waals surface area contributed by atoms with Crippen LogP contribution >= 0.6 is 0 Å². The molecular weight excluding hydrogens is 591 g/mol. The van der Waals surface area contributed by atoms with E-state index in [0.717, 1.165) is 17.1 Å². The molecule has 0 aliphatic carbocycles. The molecule has 0 radical (unpaired) electrons. The number of aryl methyl sites for hydroxylation is 2. The van der Waals surface area contributed by atoms with E-state index < -0.39 is 0 Å². The van der Waals surface area contributed by atoms with Gasteiger partial charge >= 0.3 is 0 Å². The summed E-state index contributed by atoms with van der Waals surface area (Å²) in [5, 5.41) is 11.0. The molecule has 0 heterocycles. The number of rotatable bonds is 4. The standard InChI is InChI=1S/C25H21N.C21H14.C2H6/c1-20-12-16-24(17-13-20)26(23-10-6-3-7-11-23)25-18-14-22(15-19-25)21-8-4-2-5-9-21;1-13-11-12-19-17-9-3-6-14-5-2-8-16(20(14)17)18-10-4-7-15(13)21(18)19;1-2/h2-19H,1H3;2-12H,1H3;1-2H3. The Labute approximate surface area is 290 Å². The first-order chi connectivity index (χ1) is 24.2. The molecule has 0 aromatic heterocycles. The zero-order valence-electron chi connectivity index (χ0n) is 28.7. The summed E-state index contributed by atoms with van der Waals surface area (Å²) in [6.45, 7) is 8.31. The second-order valence-electron chi connectivity index (χ2n) is 12.3. The van der Waals surface area contributed by atoms with Crippen molar-refractivity contribution in [3.05, 3.63) is 187 Å². The van der Waals surface area contributed by atoms with Gasteiger partial charge in [-0.2, -0.15) is 0 Å². The Kier molecular flexibility index (Phi) is 9.08. The van der Waals surface area contributed by atoms with Crippen LogP contribution in [-0.4, -0.2) is 0 Å². The quantitative estimate of drug-likeness (QED) is 0.138. The molecule has 9 aromatic rings. The summed E-state index contributed by atoms with van der Waals surface area (Å²) in [5.74, 6) is 0. The molecule has 49 heavy (non-hydrogen) atoms. The lowest BCUT2D eigenvalue weighted by Crippen LogP contribution is -2.09. The first-order valence-electron chi connectivity index (χ1n) is 17.3. The van der Waals surface area contributed by atoms with Gasteiger partial charge in [-0.3, -0.25) is 0 Å². The molecule has 0 saturated heterocycles. The van der Waals surface area contributed by atoms with Crippen LogP contribution in [0.1, 0.15) is 25.0 Å². The van der Waals surface area contributed by atoms with Gasteiger partial charge in [-0.15, -0.1) is 0 Å². The van der Waals surface area contributed by atoms with Crippen molar-refractivity contribution in [2.45, 2.75) is 27.7 Å². The van der Waals surface area contributed by atoms with Crippen molar-refractivity contribution >= 4 is 60.2 Å². The highest BCUT2D eigenvalue weighted by Gasteiger charge is 2.14. The minimum Gasteiger partial charge on any atom is -0.311 e. The molecule has 0 fully saturated rings.